The fourth-order valence-electron chi connectivity index (χ4n) is 3.31. The molecule has 124 valence electrons. The summed E-state index contributed by atoms with van der Waals surface area (Å²) in [4.78, 5) is 18.2. The number of amides is 1. The Morgan fingerprint density at radius 1 is 1.39 bits per heavy atom. The number of fused-ring (bicyclic) bond motifs is 1. The normalized spacial score (nSPS) is 16.5. The van der Waals surface area contributed by atoms with E-state index in [4.69, 9.17) is 10.1 Å². The summed E-state index contributed by atoms with van der Waals surface area (Å²) in [7, 11) is 0. The molecule has 1 aliphatic heterocycles. The van der Waals surface area contributed by atoms with Crippen LogP contribution in [0, 0.1) is 6.92 Å². The average molecular weight is 316 g/mol. The number of hydrogen-bond donors (Lipinski definition) is 1. The summed E-state index contributed by atoms with van der Waals surface area (Å²) in [5.41, 5.74) is 3.24. The van der Waals surface area contributed by atoms with Crippen LogP contribution in [0.3, 0.4) is 0 Å². The average Bonchev–Trinajstić information content (AvgIpc) is 2.99. The van der Waals surface area contributed by atoms with Gasteiger partial charge in [0.25, 0.3) is 0 Å². The summed E-state index contributed by atoms with van der Waals surface area (Å²) < 4.78 is 1.97. The van der Waals surface area contributed by atoms with Crippen molar-refractivity contribution in [2.45, 2.75) is 45.6 Å². The van der Waals surface area contributed by atoms with Gasteiger partial charge in [-0.25, -0.2) is 9.67 Å². The van der Waals surface area contributed by atoms with E-state index in [9.17, 15) is 4.79 Å². The molecule has 2 aromatic heterocycles. The van der Waals surface area contributed by atoms with E-state index < -0.39 is 6.61 Å². The molecule has 0 atom stereocenters. The molecule has 1 aliphatic rings. The number of nitrogens with zero attached hydrogens (tertiary/aromatic N) is 4. The molecule has 2 aromatic rings. The zero-order chi connectivity index (χ0) is 16.6. The molecule has 0 bridgehead atoms. The maximum atomic E-state index is 11.6. The van der Waals surface area contributed by atoms with Gasteiger partial charge in [0.05, 0.1) is 6.20 Å². The van der Waals surface area contributed by atoms with E-state index in [-0.39, 0.29) is 11.9 Å². The predicted octanol–water partition coefficient (Wildman–Crippen LogP) is 2.02. The van der Waals surface area contributed by atoms with E-state index in [1.54, 1.807) is 4.90 Å². The van der Waals surface area contributed by atoms with Crippen LogP contribution in [0.25, 0.3) is 11.0 Å². The summed E-state index contributed by atoms with van der Waals surface area (Å²) in [6.45, 7) is 7.29. The van der Waals surface area contributed by atoms with Crippen molar-refractivity contribution in [1.29, 1.82) is 0 Å². The van der Waals surface area contributed by atoms with Gasteiger partial charge in [-0.05, 0) is 45.2 Å². The second-order valence-electron chi connectivity index (χ2n) is 6.60. The second-order valence-corrected chi connectivity index (χ2v) is 6.60. The number of hydrogen-bond acceptors (Lipinski definition) is 4. The minimum Gasteiger partial charge on any atom is -0.387 e. The first-order chi connectivity index (χ1) is 11.0. The van der Waals surface area contributed by atoms with Gasteiger partial charge >= 0.3 is 0 Å². The molecule has 0 aliphatic carbocycles. The molecule has 1 amide bonds. The van der Waals surface area contributed by atoms with Crippen molar-refractivity contribution in [3.05, 3.63) is 23.5 Å². The van der Waals surface area contributed by atoms with E-state index in [1.807, 2.05) is 10.9 Å². The van der Waals surface area contributed by atoms with E-state index >= 15 is 0 Å². The van der Waals surface area contributed by atoms with E-state index in [2.05, 4.69) is 31.9 Å². The van der Waals surface area contributed by atoms with E-state index in [0.717, 1.165) is 29.6 Å². The first-order valence-corrected chi connectivity index (χ1v) is 8.24. The first kappa shape index (κ1) is 15.9. The van der Waals surface area contributed by atoms with Crippen LogP contribution in [-0.2, 0) is 4.79 Å². The number of aromatic nitrogens is 3. The maximum Gasteiger partial charge on any atom is 0.248 e. The highest BCUT2D eigenvalue weighted by molar-refractivity contribution is 5.79. The molecule has 0 saturated carbocycles. The number of aliphatic hydroxyl groups is 1. The standard InChI is InChI=1S/C17H24N4O2/c1-11(2)21-17-14(9-18-21)12(3)8-15(19-17)13-4-6-20(7-5-13)16(23)10-22/h8-9,11,13,22H,4-7,10H2,1-3H3. The lowest BCUT2D eigenvalue weighted by molar-refractivity contribution is -0.135. The molecular weight excluding hydrogens is 292 g/mol. The third-order valence-corrected chi connectivity index (χ3v) is 4.68. The molecule has 6 nitrogen and oxygen atoms in total. The summed E-state index contributed by atoms with van der Waals surface area (Å²) in [5.74, 6) is 0.178. The van der Waals surface area contributed by atoms with E-state index in [1.165, 1.54) is 5.56 Å². The van der Waals surface area contributed by atoms with Crippen molar-refractivity contribution < 1.29 is 9.90 Å². The predicted molar refractivity (Wildman–Crippen MR) is 88.3 cm³/mol. The second kappa shape index (κ2) is 6.28. The zero-order valence-corrected chi connectivity index (χ0v) is 14.0. The third-order valence-electron chi connectivity index (χ3n) is 4.68. The Kier molecular flexibility index (Phi) is 4.35. The number of rotatable bonds is 3. The number of piperidine rings is 1. The molecule has 6 heteroatoms. The molecule has 1 saturated heterocycles. The zero-order valence-electron chi connectivity index (χ0n) is 14.0. The van der Waals surface area contributed by atoms with Crippen LogP contribution in [0.4, 0.5) is 0 Å². The van der Waals surface area contributed by atoms with Crippen molar-refractivity contribution in [1.82, 2.24) is 19.7 Å². The van der Waals surface area contributed by atoms with E-state index in [0.29, 0.717) is 19.0 Å². The minimum absolute atomic E-state index is 0.180. The van der Waals surface area contributed by atoms with Gasteiger partial charge in [-0.1, -0.05) is 0 Å². The lowest BCUT2D eigenvalue weighted by Crippen LogP contribution is -2.39. The highest BCUT2D eigenvalue weighted by atomic mass is 16.3. The highest BCUT2D eigenvalue weighted by Crippen LogP contribution is 2.30. The van der Waals surface area contributed by atoms with Crippen LogP contribution in [0.1, 0.15) is 49.9 Å². The Morgan fingerprint density at radius 2 is 2.09 bits per heavy atom. The first-order valence-electron chi connectivity index (χ1n) is 8.24. The number of likely N-dealkylation sites (tertiary alicyclic amines) is 1. The molecule has 23 heavy (non-hydrogen) atoms. The van der Waals surface area contributed by atoms with Crippen LogP contribution in [0.15, 0.2) is 12.3 Å². The molecular formula is C17H24N4O2. The Balaban J connectivity index is 1.86. The molecule has 0 aromatic carbocycles. The number of carbonyl (C=O) groups excluding carboxylic acids is 1. The van der Waals surface area contributed by atoms with Gasteiger partial charge in [0, 0.05) is 36.1 Å². The SMILES string of the molecule is Cc1cc(C2CCN(C(=O)CO)CC2)nc2c1cnn2C(C)C. The lowest BCUT2D eigenvalue weighted by Gasteiger charge is -2.31. The van der Waals surface area contributed by atoms with Crippen molar-refractivity contribution in [3.63, 3.8) is 0 Å². The highest BCUT2D eigenvalue weighted by Gasteiger charge is 2.25. The van der Waals surface area contributed by atoms with Gasteiger partial charge in [-0.2, -0.15) is 5.10 Å². The maximum absolute atomic E-state index is 11.6. The van der Waals surface area contributed by atoms with Gasteiger partial charge < -0.3 is 10.0 Å². The van der Waals surface area contributed by atoms with Crippen LogP contribution in [0.2, 0.25) is 0 Å². The molecule has 0 radical (unpaired) electrons. The molecule has 3 rings (SSSR count). The number of aliphatic hydroxyl groups excluding tert-OH is 1. The van der Waals surface area contributed by atoms with Crippen molar-refractivity contribution in [3.8, 4) is 0 Å². The molecule has 1 fully saturated rings. The van der Waals surface area contributed by atoms with Gasteiger partial charge in [-0.15, -0.1) is 0 Å². The smallest absolute Gasteiger partial charge is 0.248 e. The van der Waals surface area contributed by atoms with Crippen molar-refractivity contribution >= 4 is 16.9 Å². The minimum atomic E-state index is -0.401. The summed E-state index contributed by atoms with van der Waals surface area (Å²) in [6.07, 6.45) is 3.67. The van der Waals surface area contributed by atoms with Gasteiger partial charge in [0.2, 0.25) is 5.91 Å². The fourth-order valence-corrected chi connectivity index (χ4v) is 3.31. The largest absolute Gasteiger partial charge is 0.387 e. The Morgan fingerprint density at radius 3 is 2.70 bits per heavy atom. The molecule has 0 unspecified atom stereocenters. The Labute approximate surface area is 136 Å². The number of aryl methyl sites for hydroxylation is 1. The van der Waals surface area contributed by atoms with Crippen molar-refractivity contribution in [2.24, 2.45) is 0 Å². The summed E-state index contributed by atoms with van der Waals surface area (Å²) in [6, 6.07) is 2.43. The monoisotopic (exact) mass is 316 g/mol. The molecule has 1 N–H and O–H groups in total. The molecule has 0 spiro atoms. The van der Waals surface area contributed by atoms with Gasteiger partial charge in [-0.3, -0.25) is 4.79 Å². The summed E-state index contributed by atoms with van der Waals surface area (Å²) in [5, 5.41) is 14.5. The number of pyridine rings is 1. The summed E-state index contributed by atoms with van der Waals surface area (Å²) >= 11 is 0. The van der Waals surface area contributed by atoms with Crippen LogP contribution >= 0.6 is 0 Å². The molecule has 3 heterocycles. The van der Waals surface area contributed by atoms with Crippen molar-refractivity contribution in [2.75, 3.05) is 19.7 Å². The van der Waals surface area contributed by atoms with Crippen LogP contribution < -0.4 is 0 Å². The Hall–Kier alpha value is -1.95. The van der Waals surface area contributed by atoms with Gasteiger partial charge in [0.15, 0.2) is 5.65 Å². The fraction of sp³-hybridized carbons (Fsp3) is 0.588. The van der Waals surface area contributed by atoms with Crippen LogP contribution in [0.5, 0.6) is 0 Å². The number of carbonyl (C=O) groups is 1. The quantitative estimate of drug-likeness (QED) is 0.940. The van der Waals surface area contributed by atoms with Gasteiger partial charge in [0.1, 0.15) is 6.61 Å². The third kappa shape index (κ3) is 2.95. The van der Waals surface area contributed by atoms with Crippen LogP contribution in [-0.4, -0.2) is 50.4 Å². The lowest BCUT2D eigenvalue weighted by atomic mass is 9.92. The topological polar surface area (TPSA) is 71.2 Å². The Bertz CT molecular complexity index is 715.